The highest BCUT2D eigenvalue weighted by molar-refractivity contribution is 7.92. The van der Waals surface area contributed by atoms with Crippen LogP contribution < -0.4 is 9.03 Å². The molecule has 27 heavy (non-hydrogen) atoms. The number of benzene rings is 1. The summed E-state index contributed by atoms with van der Waals surface area (Å²) in [5, 5.41) is 17.8. The molecule has 0 fully saturated rings. The molecule has 0 aliphatic rings. The first-order valence-electron chi connectivity index (χ1n) is 7.69. The molecule has 152 valence electrons. The van der Waals surface area contributed by atoms with Gasteiger partial charge < -0.3 is 10.2 Å². The van der Waals surface area contributed by atoms with Gasteiger partial charge >= 0.3 is 11.9 Å². The first-order valence-corrected chi connectivity index (χ1v) is 11.0. The predicted molar refractivity (Wildman–Crippen MR) is 97.8 cm³/mol. The maximum Gasteiger partial charge on any atom is 0.321 e. The molecule has 10 nitrogen and oxygen atoms in total. The monoisotopic (exact) mass is 422 g/mol. The van der Waals surface area contributed by atoms with Crippen LogP contribution in [0.5, 0.6) is 0 Å². The van der Waals surface area contributed by atoms with Crippen LogP contribution in [0.4, 0.5) is 5.69 Å². The van der Waals surface area contributed by atoms with Gasteiger partial charge in [-0.3, -0.25) is 13.9 Å². The second-order valence-corrected chi connectivity index (χ2v) is 9.73. The van der Waals surface area contributed by atoms with Gasteiger partial charge in [0, 0.05) is 13.5 Å². The highest BCUT2D eigenvalue weighted by Gasteiger charge is 2.29. The number of aryl methyl sites for hydroxylation is 1. The largest absolute Gasteiger partial charge is 0.481 e. The minimum absolute atomic E-state index is 0.123. The molecule has 0 saturated carbocycles. The van der Waals surface area contributed by atoms with Crippen molar-refractivity contribution >= 4 is 37.7 Å². The third-order valence-electron chi connectivity index (χ3n) is 3.93. The van der Waals surface area contributed by atoms with Crippen LogP contribution in [-0.2, 0) is 29.6 Å². The molecule has 0 heterocycles. The van der Waals surface area contributed by atoms with E-state index in [1.807, 2.05) is 4.72 Å². The van der Waals surface area contributed by atoms with E-state index in [2.05, 4.69) is 0 Å². The SMILES string of the molecule is Cc1ccc(S(=O)(=O)N[C@@H](CCC(=O)O)C(=O)O)c(C)c1N(C)S(C)(=O)=O. The lowest BCUT2D eigenvalue weighted by Crippen LogP contribution is -2.41. The van der Waals surface area contributed by atoms with Gasteiger partial charge in [-0.2, -0.15) is 4.72 Å². The number of hydrogen-bond donors (Lipinski definition) is 3. The van der Waals surface area contributed by atoms with E-state index in [1.54, 1.807) is 6.92 Å². The van der Waals surface area contributed by atoms with Crippen molar-refractivity contribution in [1.82, 2.24) is 4.72 Å². The van der Waals surface area contributed by atoms with Gasteiger partial charge in [0.25, 0.3) is 0 Å². The van der Waals surface area contributed by atoms with Gasteiger partial charge in [0.1, 0.15) is 6.04 Å². The van der Waals surface area contributed by atoms with E-state index in [0.29, 0.717) is 5.56 Å². The molecule has 3 N–H and O–H groups in total. The first-order chi connectivity index (χ1) is 12.2. The zero-order valence-corrected chi connectivity index (χ0v) is 16.9. The fraction of sp³-hybridized carbons (Fsp3) is 0.467. The van der Waals surface area contributed by atoms with Crippen molar-refractivity contribution in [3.8, 4) is 0 Å². The summed E-state index contributed by atoms with van der Waals surface area (Å²) in [6, 6.07) is 1.01. The van der Waals surface area contributed by atoms with E-state index < -0.39 is 50.9 Å². The van der Waals surface area contributed by atoms with Crippen molar-refractivity contribution in [2.24, 2.45) is 0 Å². The molecule has 0 aliphatic carbocycles. The van der Waals surface area contributed by atoms with Crippen LogP contribution in [0.25, 0.3) is 0 Å². The molecule has 0 bridgehead atoms. The van der Waals surface area contributed by atoms with E-state index >= 15 is 0 Å². The Balaban J connectivity index is 3.39. The number of carbonyl (C=O) groups is 2. The number of nitrogens with zero attached hydrogens (tertiary/aromatic N) is 1. The predicted octanol–water partition coefficient (Wildman–Crippen LogP) is 0.296. The number of rotatable bonds is 9. The maximum absolute atomic E-state index is 12.7. The minimum atomic E-state index is -4.35. The number of carboxylic acids is 2. The molecular weight excluding hydrogens is 400 g/mol. The Morgan fingerprint density at radius 2 is 1.70 bits per heavy atom. The zero-order chi connectivity index (χ0) is 21.2. The Kier molecular flexibility index (Phi) is 6.97. The lowest BCUT2D eigenvalue weighted by Gasteiger charge is -2.23. The molecular formula is C15H22N2O8S2. The number of carboxylic acid groups (broad SMARTS) is 2. The van der Waals surface area contributed by atoms with Crippen LogP contribution in [0.15, 0.2) is 17.0 Å². The maximum atomic E-state index is 12.7. The summed E-state index contributed by atoms with van der Waals surface area (Å²) in [6.45, 7) is 3.02. The van der Waals surface area contributed by atoms with Crippen molar-refractivity contribution in [2.75, 3.05) is 17.6 Å². The summed E-state index contributed by atoms with van der Waals surface area (Å²) < 4.78 is 51.9. The molecule has 1 aromatic carbocycles. The average molecular weight is 422 g/mol. The summed E-state index contributed by atoms with van der Waals surface area (Å²) in [6.07, 6.45) is -0.00298. The lowest BCUT2D eigenvalue weighted by atomic mass is 10.1. The molecule has 1 rings (SSSR count). The van der Waals surface area contributed by atoms with Crippen LogP contribution >= 0.6 is 0 Å². The summed E-state index contributed by atoms with van der Waals surface area (Å²) in [7, 11) is -6.73. The summed E-state index contributed by atoms with van der Waals surface area (Å²) in [4.78, 5) is 21.6. The molecule has 0 radical (unpaired) electrons. The Morgan fingerprint density at radius 3 is 2.15 bits per heavy atom. The molecule has 1 atom stereocenters. The normalized spacial score (nSPS) is 13.2. The van der Waals surface area contributed by atoms with Gasteiger partial charge in [-0.25, -0.2) is 16.8 Å². The van der Waals surface area contributed by atoms with Crippen molar-refractivity contribution in [3.63, 3.8) is 0 Å². The number of sulfonamides is 2. The first kappa shape index (κ1) is 22.9. The van der Waals surface area contributed by atoms with E-state index in [1.165, 1.54) is 26.1 Å². The average Bonchev–Trinajstić information content (AvgIpc) is 2.49. The van der Waals surface area contributed by atoms with Gasteiger partial charge in [-0.1, -0.05) is 6.07 Å². The van der Waals surface area contributed by atoms with Crippen molar-refractivity contribution < 1.29 is 36.6 Å². The Hall–Kier alpha value is -2.18. The van der Waals surface area contributed by atoms with Gasteiger partial charge in [-0.05, 0) is 37.5 Å². The Morgan fingerprint density at radius 1 is 1.15 bits per heavy atom. The fourth-order valence-electron chi connectivity index (χ4n) is 2.51. The number of hydrogen-bond acceptors (Lipinski definition) is 6. The molecule has 0 unspecified atom stereocenters. The molecule has 0 aromatic heterocycles. The van der Waals surface area contributed by atoms with Gasteiger partial charge in [0.2, 0.25) is 20.0 Å². The second kappa shape index (κ2) is 8.23. The van der Waals surface area contributed by atoms with Gasteiger partial charge in [0.05, 0.1) is 16.8 Å². The quantitative estimate of drug-likeness (QED) is 0.512. The van der Waals surface area contributed by atoms with Crippen LogP contribution in [0.3, 0.4) is 0 Å². The third-order valence-corrected chi connectivity index (χ3v) is 6.72. The molecule has 0 aliphatic heterocycles. The van der Waals surface area contributed by atoms with Crippen LogP contribution in [-0.4, -0.2) is 58.3 Å². The van der Waals surface area contributed by atoms with E-state index in [4.69, 9.17) is 10.2 Å². The number of aliphatic carboxylic acids is 2. The topological polar surface area (TPSA) is 158 Å². The molecule has 0 amide bonds. The number of anilines is 1. The van der Waals surface area contributed by atoms with Crippen molar-refractivity contribution in [3.05, 3.63) is 23.3 Å². The molecule has 0 spiro atoms. The van der Waals surface area contributed by atoms with E-state index in [9.17, 15) is 26.4 Å². The molecule has 0 saturated heterocycles. The fourth-order valence-corrected chi connectivity index (χ4v) is 4.59. The minimum Gasteiger partial charge on any atom is -0.481 e. The second-order valence-electron chi connectivity index (χ2n) is 6.03. The van der Waals surface area contributed by atoms with Crippen LogP contribution in [0.1, 0.15) is 24.0 Å². The third kappa shape index (κ3) is 5.65. The van der Waals surface area contributed by atoms with Gasteiger partial charge in [0.15, 0.2) is 0 Å². The zero-order valence-electron chi connectivity index (χ0n) is 15.3. The number of nitrogens with one attached hydrogen (secondary N) is 1. The summed E-state index contributed by atoms with van der Waals surface area (Å²) >= 11 is 0. The summed E-state index contributed by atoms with van der Waals surface area (Å²) in [5.74, 6) is -2.78. The van der Waals surface area contributed by atoms with Crippen LogP contribution in [0, 0.1) is 13.8 Å². The highest BCUT2D eigenvalue weighted by atomic mass is 32.2. The van der Waals surface area contributed by atoms with Crippen molar-refractivity contribution in [1.29, 1.82) is 0 Å². The van der Waals surface area contributed by atoms with Crippen LogP contribution in [0.2, 0.25) is 0 Å². The molecule has 12 heteroatoms. The van der Waals surface area contributed by atoms with Gasteiger partial charge in [-0.15, -0.1) is 0 Å². The van der Waals surface area contributed by atoms with Crippen molar-refractivity contribution in [2.45, 2.75) is 37.6 Å². The van der Waals surface area contributed by atoms with E-state index in [-0.39, 0.29) is 16.1 Å². The standard InChI is InChI=1S/C15H22N2O8S2/c1-9-5-7-12(10(2)14(9)17(3)26(4,22)23)27(24,25)16-11(15(20)21)6-8-13(18)19/h5,7,11,16H,6,8H2,1-4H3,(H,18,19)(H,20,21)/t11-/m0/s1. The highest BCUT2D eigenvalue weighted by Crippen LogP contribution is 2.30. The smallest absolute Gasteiger partial charge is 0.321 e. The Labute approximate surface area is 157 Å². The van der Waals surface area contributed by atoms with E-state index in [0.717, 1.165) is 10.6 Å². The molecule has 1 aromatic rings. The lowest BCUT2D eigenvalue weighted by molar-refractivity contribution is -0.140. The summed E-state index contributed by atoms with van der Waals surface area (Å²) in [5.41, 5.74) is 0.802. The Bertz CT molecular complexity index is 954.